The van der Waals surface area contributed by atoms with Crippen LogP contribution in [-0.4, -0.2) is 73.5 Å². The molecule has 3 aliphatic rings. The molecular formula is C23H27N9O3S. The number of aromatic amines is 1. The maximum absolute atomic E-state index is 13.2. The summed E-state index contributed by atoms with van der Waals surface area (Å²) in [4.78, 5) is 9.27. The second kappa shape index (κ2) is 8.97. The van der Waals surface area contributed by atoms with Crippen LogP contribution in [0.3, 0.4) is 0 Å². The van der Waals surface area contributed by atoms with Gasteiger partial charge >= 0.3 is 0 Å². The average molecular weight is 510 g/mol. The van der Waals surface area contributed by atoms with Crippen LogP contribution < -0.4 is 10.6 Å². The molecule has 36 heavy (non-hydrogen) atoms. The number of aliphatic hydroxyl groups excluding tert-OH is 1. The van der Waals surface area contributed by atoms with Crippen molar-refractivity contribution in [1.82, 2.24) is 28.8 Å². The topological polar surface area (TPSA) is 163 Å². The van der Waals surface area contributed by atoms with Crippen LogP contribution in [0.15, 0.2) is 30.5 Å². The highest BCUT2D eigenvalue weighted by atomic mass is 32.2. The first-order valence-electron chi connectivity index (χ1n) is 12.1. The minimum Gasteiger partial charge on any atom is -0.390 e. The molecule has 0 spiro atoms. The normalized spacial score (nSPS) is 24.9. The number of pyridine rings is 2. The van der Waals surface area contributed by atoms with E-state index in [1.165, 1.54) is 4.31 Å². The van der Waals surface area contributed by atoms with Crippen molar-refractivity contribution in [3.63, 3.8) is 0 Å². The molecule has 6 rings (SSSR count). The highest BCUT2D eigenvalue weighted by molar-refractivity contribution is 7.86. The molecule has 12 nitrogen and oxygen atoms in total. The van der Waals surface area contributed by atoms with Crippen LogP contribution in [-0.2, 0) is 16.8 Å². The predicted molar refractivity (Wildman–Crippen MR) is 132 cm³/mol. The monoisotopic (exact) mass is 509 g/mol. The molecule has 13 heteroatoms. The Morgan fingerprint density at radius 1 is 1.19 bits per heavy atom. The zero-order chi connectivity index (χ0) is 24.9. The number of H-pyrrole nitrogens is 1. The second-order valence-corrected chi connectivity index (χ2v) is 11.5. The van der Waals surface area contributed by atoms with E-state index in [9.17, 15) is 13.5 Å². The predicted octanol–water partition coefficient (Wildman–Crippen LogP) is 1.70. The Morgan fingerprint density at radius 3 is 2.67 bits per heavy atom. The van der Waals surface area contributed by atoms with Gasteiger partial charge in [0.05, 0.1) is 29.8 Å². The zero-order valence-electron chi connectivity index (χ0n) is 19.5. The van der Waals surface area contributed by atoms with Gasteiger partial charge in [0.2, 0.25) is 0 Å². The van der Waals surface area contributed by atoms with Crippen LogP contribution in [0.2, 0.25) is 0 Å². The van der Waals surface area contributed by atoms with Crippen molar-refractivity contribution in [1.29, 1.82) is 5.26 Å². The van der Waals surface area contributed by atoms with E-state index in [1.54, 1.807) is 16.6 Å². The Bertz CT molecular complexity index is 1420. The van der Waals surface area contributed by atoms with Gasteiger partial charge in [-0.15, -0.1) is 0 Å². The first-order valence-corrected chi connectivity index (χ1v) is 13.5. The van der Waals surface area contributed by atoms with Gasteiger partial charge in [0.15, 0.2) is 5.82 Å². The molecular weight excluding hydrogens is 482 g/mol. The van der Waals surface area contributed by atoms with E-state index in [2.05, 4.69) is 31.9 Å². The van der Waals surface area contributed by atoms with Crippen molar-refractivity contribution in [2.75, 3.05) is 23.7 Å². The first kappa shape index (κ1) is 23.1. The van der Waals surface area contributed by atoms with Gasteiger partial charge in [0, 0.05) is 54.9 Å². The van der Waals surface area contributed by atoms with Crippen LogP contribution >= 0.6 is 0 Å². The van der Waals surface area contributed by atoms with Crippen molar-refractivity contribution in [3.8, 4) is 6.07 Å². The number of hydrogen-bond donors (Lipinski definition) is 4. The largest absolute Gasteiger partial charge is 0.390 e. The summed E-state index contributed by atoms with van der Waals surface area (Å²) in [5.74, 6) is 1.57. The smallest absolute Gasteiger partial charge is 0.282 e. The van der Waals surface area contributed by atoms with Gasteiger partial charge in [-0.3, -0.25) is 10.1 Å². The van der Waals surface area contributed by atoms with Gasteiger partial charge in [-0.2, -0.15) is 27.4 Å². The molecule has 0 amide bonds. The lowest BCUT2D eigenvalue weighted by Gasteiger charge is -2.44. The van der Waals surface area contributed by atoms with Crippen LogP contribution in [0.5, 0.6) is 0 Å². The van der Waals surface area contributed by atoms with E-state index in [1.807, 2.05) is 18.2 Å². The number of aliphatic hydroxyl groups is 1. The van der Waals surface area contributed by atoms with Gasteiger partial charge in [-0.05, 0) is 37.8 Å². The number of nitriles is 1. The van der Waals surface area contributed by atoms with Crippen LogP contribution in [0.1, 0.15) is 31.4 Å². The number of rotatable bonds is 7. The lowest BCUT2D eigenvalue weighted by atomic mass is 9.99. The Kier molecular flexibility index (Phi) is 5.76. The van der Waals surface area contributed by atoms with Crippen molar-refractivity contribution >= 4 is 38.6 Å². The van der Waals surface area contributed by atoms with Crippen LogP contribution in [0, 0.1) is 17.2 Å². The molecule has 3 aromatic heterocycles. The minimum absolute atomic E-state index is 0.0646. The quantitative estimate of drug-likeness (QED) is 0.371. The van der Waals surface area contributed by atoms with E-state index in [0.29, 0.717) is 36.0 Å². The molecule has 0 radical (unpaired) electrons. The molecule has 3 aliphatic heterocycles. The Balaban J connectivity index is 1.22. The number of aromatic nitrogens is 4. The van der Waals surface area contributed by atoms with E-state index >= 15 is 0 Å². The van der Waals surface area contributed by atoms with Crippen molar-refractivity contribution < 1.29 is 13.5 Å². The number of nitrogens with one attached hydrogen (secondary N) is 3. The Morgan fingerprint density at radius 2 is 1.97 bits per heavy atom. The van der Waals surface area contributed by atoms with Crippen molar-refractivity contribution in [3.05, 3.63) is 36.2 Å². The highest BCUT2D eigenvalue weighted by Crippen LogP contribution is 2.41. The number of anilines is 3. The summed E-state index contributed by atoms with van der Waals surface area (Å²) in [5, 5.41) is 32.8. The average Bonchev–Trinajstić information content (AvgIpc) is 3.40. The van der Waals surface area contributed by atoms with Crippen LogP contribution in [0.25, 0.3) is 10.9 Å². The van der Waals surface area contributed by atoms with E-state index in [0.717, 1.165) is 23.7 Å². The van der Waals surface area contributed by atoms with E-state index in [-0.39, 0.29) is 43.7 Å². The third kappa shape index (κ3) is 4.05. The molecule has 3 fully saturated rings. The molecule has 0 aromatic carbocycles. The molecule has 6 heterocycles. The third-order valence-electron chi connectivity index (χ3n) is 7.29. The second-order valence-electron chi connectivity index (χ2n) is 9.67. The van der Waals surface area contributed by atoms with Gasteiger partial charge < -0.3 is 15.7 Å². The fraction of sp³-hybridized carbons (Fsp3) is 0.478. The maximum atomic E-state index is 13.2. The number of piperidine rings is 1. The molecule has 4 N–H and O–H groups in total. The van der Waals surface area contributed by atoms with Gasteiger partial charge in [-0.25, -0.2) is 4.98 Å². The Hall–Kier alpha value is -3.31. The Labute approximate surface area is 208 Å². The van der Waals surface area contributed by atoms with E-state index in [4.69, 9.17) is 10.2 Å². The summed E-state index contributed by atoms with van der Waals surface area (Å²) in [6.45, 7) is 0.436. The molecule has 3 saturated heterocycles. The minimum atomic E-state index is -3.55. The highest BCUT2D eigenvalue weighted by Gasteiger charge is 2.51. The molecule has 0 aliphatic carbocycles. The summed E-state index contributed by atoms with van der Waals surface area (Å²) in [6, 6.07) is 9.45. The fourth-order valence-corrected chi connectivity index (χ4v) is 7.69. The lowest BCUT2D eigenvalue weighted by molar-refractivity contribution is 0.182. The first-order chi connectivity index (χ1) is 17.4. The van der Waals surface area contributed by atoms with Crippen molar-refractivity contribution in [2.24, 2.45) is 5.92 Å². The summed E-state index contributed by atoms with van der Waals surface area (Å²) in [5.41, 5.74) is 1.36. The summed E-state index contributed by atoms with van der Waals surface area (Å²) in [6.07, 6.45) is 4.77. The third-order valence-corrected chi connectivity index (χ3v) is 9.37. The number of nitrogens with zero attached hydrogens (tertiary/aromatic N) is 6. The lowest BCUT2D eigenvalue weighted by Crippen LogP contribution is -2.59. The van der Waals surface area contributed by atoms with Gasteiger partial charge in [0.25, 0.3) is 10.2 Å². The maximum Gasteiger partial charge on any atom is 0.282 e. The molecule has 0 saturated carbocycles. The SMILES string of the molecule is N#CC1CN(S(=O)(=O)N2[C@@H]3CC[C@H]2CC(Nc2nc(Nc4cc(CO)[nH]n4)cc4ncccc24)C3)C1. The summed E-state index contributed by atoms with van der Waals surface area (Å²) >= 11 is 0. The molecule has 188 valence electrons. The van der Waals surface area contributed by atoms with Gasteiger partial charge in [0.1, 0.15) is 11.6 Å². The van der Waals surface area contributed by atoms with Gasteiger partial charge in [-0.1, -0.05) is 0 Å². The zero-order valence-corrected chi connectivity index (χ0v) is 20.3. The van der Waals surface area contributed by atoms with Crippen molar-refractivity contribution in [2.45, 2.75) is 50.4 Å². The molecule has 3 aromatic rings. The molecule has 1 unspecified atom stereocenters. The fourth-order valence-electron chi connectivity index (χ4n) is 5.55. The summed E-state index contributed by atoms with van der Waals surface area (Å²) in [7, 11) is -3.55. The molecule has 2 bridgehead atoms. The van der Waals surface area contributed by atoms with E-state index < -0.39 is 10.2 Å². The number of fused-ring (bicyclic) bond motifs is 3. The molecule has 3 atom stereocenters. The number of hydrogen-bond acceptors (Lipinski definition) is 9. The standard InChI is InChI=1S/C23H27N9O3S/c24-10-14-11-31(12-14)36(34,35)32-17-3-4-18(32)7-15(6-17)26-23-19-2-1-5-25-20(19)9-21(28-23)27-22-8-16(13-33)29-30-22/h1-2,5,8-9,14-15,17-18,33H,3-4,6-7,11-13H2,(H3,26,27,28,29,30)/t15?,17-,18+. The van der Waals surface area contributed by atoms with Crippen LogP contribution in [0.4, 0.5) is 17.5 Å². The summed E-state index contributed by atoms with van der Waals surface area (Å²) < 4.78 is 29.6.